The average Bonchev–Trinajstić information content (AvgIpc) is 2.16. The lowest BCUT2D eigenvalue weighted by Crippen LogP contribution is -2.11. The summed E-state index contributed by atoms with van der Waals surface area (Å²) in [6.07, 6.45) is 0. The van der Waals surface area contributed by atoms with Gasteiger partial charge in [-0.15, -0.1) is 0 Å². The summed E-state index contributed by atoms with van der Waals surface area (Å²) in [5.41, 5.74) is 2.55. The van der Waals surface area contributed by atoms with Gasteiger partial charge in [0, 0.05) is 21.5 Å². The van der Waals surface area contributed by atoms with Gasteiger partial charge in [-0.05, 0) is 37.6 Å². The molecular weight excluding hydrogens is 198 g/mol. The molecule has 0 radical (unpaired) electrons. The van der Waals surface area contributed by atoms with E-state index in [1.165, 1.54) is 0 Å². The molecule has 1 heterocycles. The van der Waals surface area contributed by atoms with E-state index in [1.807, 2.05) is 26.0 Å². The predicted molar refractivity (Wildman–Crippen MR) is 59.1 cm³/mol. The Balaban J connectivity index is 2.99. The van der Waals surface area contributed by atoms with Crippen LogP contribution in [-0.2, 0) is 0 Å². The van der Waals surface area contributed by atoms with E-state index in [4.69, 9.17) is 11.6 Å². The minimum Gasteiger partial charge on any atom is -0.322 e. The van der Waals surface area contributed by atoms with Gasteiger partial charge in [-0.1, -0.05) is 11.6 Å². The highest BCUT2D eigenvalue weighted by atomic mass is 35.5. The Kier molecular flexibility index (Phi) is 2.08. The number of H-pyrrole nitrogens is 1. The number of fused-ring (bicyclic) bond motifs is 1. The van der Waals surface area contributed by atoms with E-state index in [-0.39, 0.29) is 5.56 Å². The molecule has 0 amide bonds. The van der Waals surface area contributed by atoms with Crippen molar-refractivity contribution in [2.45, 2.75) is 13.8 Å². The van der Waals surface area contributed by atoms with E-state index in [2.05, 4.69) is 4.98 Å². The SMILES string of the molecule is Cc1c(C)c2cc(Cl)ccc2[nH]c1=O. The molecule has 0 saturated heterocycles. The zero-order valence-corrected chi connectivity index (χ0v) is 8.77. The Hall–Kier alpha value is -1.28. The Morgan fingerprint density at radius 3 is 2.64 bits per heavy atom. The van der Waals surface area contributed by atoms with Gasteiger partial charge in [-0.3, -0.25) is 4.79 Å². The van der Waals surface area contributed by atoms with Crippen LogP contribution in [0.2, 0.25) is 5.02 Å². The summed E-state index contributed by atoms with van der Waals surface area (Å²) in [6.45, 7) is 3.75. The molecule has 0 saturated carbocycles. The summed E-state index contributed by atoms with van der Waals surface area (Å²) in [5.74, 6) is 0. The zero-order valence-electron chi connectivity index (χ0n) is 8.02. The minimum absolute atomic E-state index is 0.0303. The highest BCUT2D eigenvalue weighted by Crippen LogP contribution is 2.20. The summed E-state index contributed by atoms with van der Waals surface area (Å²) in [4.78, 5) is 14.3. The van der Waals surface area contributed by atoms with Gasteiger partial charge >= 0.3 is 0 Å². The van der Waals surface area contributed by atoms with Crippen molar-refractivity contribution < 1.29 is 0 Å². The number of aromatic amines is 1. The van der Waals surface area contributed by atoms with Gasteiger partial charge in [0.15, 0.2) is 0 Å². The van der Waals surface area contributed by atoms with Crippen LogP contribution in [0.4, 0.5) is 0 Å². The highest BCUT2D eigenvalue weighted by Gasteiger charge is 2.04. The van der Waals surface area contributed by atoms with Gasteiger partial charge in [0.25, 0.3) is 5.56 Å². The van der Waals surface area contributed by atoms with Crippen molar-refractivity contribution in [3.8, 4) is 0 Å². The van der Waals surface area contributed by atoms with Crippen molar-refractivity contribution in [2.24, 2.45) is 0 Å². The maximum atomic E-state index is 11.5. The first kappa shape index (κ1) is 9.28. The second kappa shape index (κ2) is 3.14. The van der Waals surface area contributed by atoms with Crippen molar-refractivity contribution in [3.63, 3.8) is 0 Å². The normalized spacial score (nSPS) is 10.8. The molecule has 0 bridgehead atoms. The molecule has 2 nitrogen and oxygen atoms in total. The lowest BCUT2D eigenvalue weighted by Gasteiger charge is -2.04. The van der Waals surface area contributed by atoms with Crippen LogP contribution in [-0.4, -0.2) is 4.98 Å². The molecule has 1 aromatic carbocycles. The van der Waals surface area contributed by atoms with E-state index in [0.29, 0.717) is 5.02 Å². The first-order valence-electron chi connectivity index (χ1n) is 4.38. The van der Waals surface area contributed by atoms with Crippen molar-refractivity contribution in [1.82, 2.24) is 4.98 Å². The predicted octanol–water partition coefficient (Wildman–Crippen LogP) is 2.80. The molecule has 2 rings (SSSR count). The minimum atomic E-state index is -0.0303. The summed E-state index contributed by atoms with van der Waals surface area (Å²) in [6, 6.07) is 5.47. The lowest BCUT2D eigenvalue weighted by molar-refractivity contribution is 1.20. The van der Waals surface area contributed by atoms with E-state index in [1.54, 1.807) is 6.07 Å². The lowest BCUT2D eigenvalue weighted by atomic mass is 10.1. The molecule has 14 heavy (non-hydrogen) atoms. The van der Waals surface area contributed by atoms with Gasteiger partial charge in [0.2, 0.25) is 0 Å². The van der Waals surface area contributed by atoms with Crippen molar-refractivity contribution in [1.29, 1.82) is 0 Å². The number of hydrogen-bond donors (Lipinski definition) is 1. The first-order valence-corrected chi connectivity index (χ1v) is 4.76. The maximum absolute atomic E-state index is 11.5. The molecule has 3 heteroatoms. The number of nitrogens with one attached hydrogen (secondary N) is 1. The van der Waals surface area contributed by atoms with Gasteiger partial charge in [-0.2, -0.15) is 0 Å². The summed E-state index contributed by atoms with van der Waals surface area (Å²) in [7, 11) is 0. The fraction of sp³-hybridized carbons (Fsp3) is 0.182. The van der Waals surface area contributed by atoms with E-state index in [0.717, 1.165) is 22.0 Å². The third-order valence-electron chi connectivity index (χ3n) is 2.54. The number of rotatable bonds is 0. The largest absolute Gasteiger partial charge is 0.322 e. The monoisotopic (exact) mass is 207 g/mol. The molecule has 1 N–H and O–H groups in total. The first-order chi connectivity index (χ1) is 6.59. The highest BCUT2D eigenvalue weighted by molar-refractivity contribution is 6.31. The number of hydrogen-bond acceptors (Lipinski definition) is 1. The van der Waals surface area contributed by atoms with Crippen molar-refractivity contribution in [3.05, 3.63) is 44.7 Å². The van der Waals surface area contributed by atoms with E-state index >= 15 is 0 Å². The van der Waals surface area contributed by atoms with Gasteiger partial charge in [-0.25, -0.2) is 0 Å². The molecule has 0 atom stereocenters. The smallest absolute Gasteiger partial charge is 0.251 e. The Labute approximate surface area is 86.5 Å². The average molecular weight is 208 g/mol. The van der Waals surface area contributed by atoms with E-state index in [9.17, 15) is 4.79 Å². The summed E-state index contributed by atoms with van der Waals surface area (Å²) >= 11 is 5.89. The van der Waals surface area contributed by atoms with Crippen LogP contribution in [0, 0.1) is 13.8 Å². The molecule has 0 fully saturated rings. The number of aromatic nitrogens is 1. The fourth-order valence-electron chi connectivity index (χ4n) is 1.52. The summed E-state index contributed by atoms with van der Waals surface area (Å²) < 4.78 is 0. The van der Waals surface area contributed by atoms with Crippen LogP contribution >= 0.6 is 11.6 Å². The van der Waals surface area contributed by atoms with Crippen LogP contribution in [0.3, 0.4) is 0 Å². The Morgan fingerprint density at radius 1 is 1.21 bits per heavy atom. The molecule has 0 unspecified atom stereocenters. The second-order valence-corrected chi connectivity index (χ2v) is 3.83. The molecule has 0 aliphatic rings. The van der Waals surface area contributed by atoms with Crippen molar-refractivity contribution in [2.75, 3.05) is 0 Å². The van der Waals surface area contributed by atoms with Crippen LogP contribution in [0.25, 0.3) is 10.9 Å². The number of aryl methyl sites for hydroxylation is 1. The Bertz CT molecular complexity index is 557. The van der Waals surface area contributed by atoms with Crippen LogP contribution in [0.5, 0.6) is 0 Å². The molecular formula is C11H10ClNO. The van der Waals surface area contributed by atoms with Crippen molar-refractivity contribution >= 4 is 22.5 Å². The Morgan fingerprint density at radius 2 is 1.93 bits per heavy atom. The maximum Gasteiger partial charge on any atom is 0.251 e. The van der Waals surface area contributed by atoms with Crippen LogP contribution in [0.1, 0.15) is 11.1 Å². The van der Waals surface area contributed by atoms with Gasteiger partial charge in [0.05, 0.1) is 0 Å². The standard InChI is InChI=1S/C11H10ClNO/c1-6-7(2)11(14)13-10-4-3-8(12)5-9(6)10/h3-5H,1-2H3,(H,13,14). The number of halogens is 1. The molecule has 0 aliphatic heterocycles. The quantitative estimate of drug-likeness (QED) is 0.708. The molecule has 2 aromatic rings. The summed E-state index contributed by atoms with van der Waals surface area (Å²) in [5, 5.41) is 1.70. The molecule has 0 aliphatic carbocycles. The zero-order chi connectivity index (χ0) is 10.3. The van der Waals surface area contributed by atoms with Gasteiger partial charge in [0.1, 0.15) is 0 Å². The number of benzene rings is 1. The van der Waals surface area contributed by atoms with Crippen LogP contribution in [0.15, 0.2) is 23.0 Å². The molecule has 0 spiro atoms. The third kappa shape index (κ3) is 1.32. The molecule has 72 valence electrons. The third-order valence-corrected chi connectivity index (χ3v) is 2.77. The van der Waals surface area contributed by atoms with Gasteiger partial charge < -0.3 is 4.98 Å². The fourth-order valence-corrected chi connectivity index (χ4v) is 1.70. The number of pyridine rings is 1. The van der Waals surface area contributed by atoms with E-state index < -0.39 is 0 Å². The van der Waals surface area contributed by atoms with Crippen LogP contribution < -0.4 is 5.56 Å². The second-order valence-electron chi connectivity index (χ2n) is 3.39. The molecule has 1 aromatic heterocycles. The topological polar surface area (TPSA) is 32.9 Å².